The van der Waals surface area contributed by atoms with Gasteiger partial charge in [-0.3, -0.25) is 0 Å². The van der Waals surface area contributed by atoms with Crippen molar-refractivity contribution in [3.63, 3.8) is 0 Å². The van der Waals surface area contributed by atoms with Gasteiger partial charge in [-0.25, -0.2) is 0 Å². The quantitative estimate of drug-likeness (QED) is 0.846. The van der Waals surface area contributed by atoms with Crippen molar-refractivity contribution in [2.24, 2.45) is 11.7 Å². The molecule has 0 radical (unpaired) electrons. The van der Waals surface area contributed by atoms with Gasteiger partial charge in [-0.2, -0.15) is 5.26 Å². The summed E-state index contributed by atoms with van der Waals surface area (Å²) >= 11 is 5.94. The van der Waals surface area contributed by atoms with E-state index < -0.39 is 0 Å². The van der Waals surface area contributed by atoms with Gasteiger partial charge in [0.2, 0.25) is 0 Å². The van der Waals surface area contributed by atoms with Crippen LogP contribution in [0.2, 0.25) is 5.02 Å². The number of rotatable bonds is 4. The first-order valence-electron chi connectivity index (χ1n) is 5.24. The molecule has 3 N–H and O–H groups in total. The number of halogens is 1. The minimum absolute atomic E-state index is 0.212. The van der Waals surface area contributed by atoms with E-state index in [0.717, 1.165) is 5.69 Å². The molecule has 16 heavy (non-hydrogen) atoms. The molecule has 4 heteroatoms. The van der Waals surface area contributed by atoms with E-state index in [4.69, 9.17) is 22.6 Å². The number of anilines is 1. The van der Waals surface area contributed by atoms with Gasteiger partial charge < -0.3 is 11.1 Å². The zero-order valence-corrected chi connectivity index (χ0v) is 10.3. The Morgan fingerprint density at radius 1 is 1.50 bits per heavy atom. The van der Waals surface area contributed by atoms with Crippen LogP contribution >= 0.6 is 11.6 Å². The molecule has 1 aromatic carbocycles. The van der Waals surface area contributed by atoms with Gasteiger partial charge in [-0.15, -0.1) is 0 Å². The predicted octanol–water partition coefficient (Wildman–Crippen LogP) is 2.61. The van der Waals surface area contributed by atoms with Crippen molar-refractivity contribution in [2.45, 2.75) is 19.9 Å². The van der Waals surface area contributed by atoms with Crippen molar-refractivity contribution in [1.29, 1.82) is 5.26 Å². The van der Waals surface area contributed by atoms with Crippen molar-refractivity contribution in [1.82, 2.24) is 0 Å². The summed E-state index contributed by atoms with van der Waals surface area (Å²) in [5, 5.41) is 12.5. The second-order valence-corrected chi connectivity index (χ2v) is 4.44. The van der Waals surface area contributed by atoms with Crippen LogP contribution in [0.15, 0.2) is 18.2 Å². The summed E-state index contributed by atoms with van der Waals surface area (Å²) in [4.78, 5) is 0. The molecule has 86 valence electrons. The molecule has 0 aliphatic carbocycles. The van der Waals surface area contributed by atoms with E-state index in [1.54, 1.807) is 12.1 Å². The number of nitrogens with one attached hydrogen (secondary N) is 1. The summed E-state index contributed by atoms with van der Waals surface area (Å²) in [6.07, 6.45) is 0. The first-order chi connectivity index (χ1) is 7.58. The summed E-state index contributed by atoms with van der Waals surface area (Å²) in [5.74, 6) is 0.444. The molecule has 0 saturated heterocycles. The fourth-order valence-corrected chi connectivity index (χ4v) is 1.63. The standard InChI is InChI=1S/C12H16ClN3/c1-8(2)12(7-15)16-10-4-3-9(6-14)11(13)5-10/h3-5,8,12,16H,7,15H2,1-2H3. The summed E-state index contributed by atoms with van der Waals surface area (Å²) in [6, 6.07) is 7.54. The molecule has 0 aliphatic rings. The number of nitriles is 1. The lowest BCUT2D eigenvalue weighted by Gasteiger charge is -2.21. The van der Waals surface area contributed by atoms with Gasteiger partial charge in [0.05, 0.1) is 10.6 Å². The van der Waals surface area contributed by atoms with Crippen molar-refractivity contribution in [3.8, 4) is 6.07 Å². The highest BCUT2D eigenvalue weighted by Crippen LogP contribution is 2.21. The van der Waals surface area contributed by atoms with E-state index in [2.05, 4.69) is 19.2 Å². The van der Waals surface area contributed by atoms with Gasteiger partial charge in [-0.1, -0.05) is 25.4 Å². The normalized spacial score (nSPS) is 12.2. The van der Waals surface area contributed by atoms with Gasteiger partial charge in [0.15, 0.2) is 0 Å². The molecule has 1 rings (SSSR count). The summed E-state index contributed by atoms with van der Waals surface area (Å²) in [7, 11) is 0. The number of nitrogens with zero attached hydrogens (tertiary/aromatic N) is 1. The molecule has 0 bridgehead atoms. The van der Waals surface area contributed by atoms with Crippen LogP contribution in [0.4, 0.5) is 5.69 Å². The number of hydrogen-bond donors (Lipinski definition) is 2. The minimum Gasteiger partial charge on any atom is -0.381 e. The van der Waals surface area contributed by atoms with Crippen molar-refractivity contribution in [2.75, 3.05) is 11.9 Å². The molecule has 0 spiro atoms. The van der Waals surface area contributed by atoms with E-state index in [0.29, 0.717) is 23.0 Å². The maximum atomic E-state index is 8.75. The topological polar surface area (TPSA) is 61.8 Å². The van der Waals surface area contributed by atoms with Crippen LogP contribution in [0.1, 0.15) is 19.4 Å². The van der Waals surface area contributed by atoms with Crippen LogP contribution < -0.4 is 11.1 Å². The molecule has 0 aromatic heterocycles. The average Bonchev–Trinajstić information content (AvgIpc) is 2.25. The average molecular weight is 238 g/mol. The van der Waals surface area contributed by atoms with Gasteiger partial charge in [0, 0.05) is 18.3 Å². The van der Waals surface area contributed by atoms with Gasteiger partial charge in [0.1, 0.15) is 6.07 Å². The maximum absolute atomic E-state index is 8.75. The third-order valence-electron chi connectivity index (χ3n) is 2.50. The Balaban J connectivity index is 2.83. The Kier molecular flexibility index (Phi) is 4.60. The third kappa shape index (κ3) is 3.13. The lowest BCUT2D eigenvalue weighted by atomic mass is 10.0. The van der Waals surface area contributed by atoms with Crippen molar-refractivity contribution < 1.29 is 0 Å². The highest BCUT2D eigenvalue weighted by atomic mass is 35.5. The molecular formula is C12H16ClN3. The first-order valence-corrected chi connectivity index (χ1v) is 5.62. The maximum Gasteiger partial charge on any atom is 0.101 e. The van der Waals surface area contributed by atoms with Gasteiger partial charge in [-0.05, 0) is 24.1 Å². The molecule has 3 nitrogen and oxygen atoms in total. The smallest absolute Gasteiger partial charge is 0.101 e. The molecular weight excluding hydrogens is 222 g/mol. The van der Waals surface area contributed by atoms with Crippen LogP contribution in [0, 0.1) is 17.2 Å². The molecule has 0 saturated carbocycles. The third-order valence-corrected chi connectivity index (χ3v) is 2.81. The van der Waals surface area contributed by atoms with Crippen LogP contribution in [0.25, 0.3) is 0 Å². The molecule has 1 aromatic rings. The molecule has 0 fully saturated rings. The minimum atomic E-state index is 0.212. The molecule has 1 unspecified atom stereocenters. The second-order valence-electron chi connectivity index (χ2n) is 4.04. The van der Waals surface area contributed by atoms with E-state index in [9.17, 15) is 0 Å². The first kappa shape index (κ1) is 12.8. The van der Waals surface area contributed by atoms with Gasteiger partial charge in [0.25, 0.3) is 0 Å². The number of hydrogen-bond acceptors (Lipinski definition) is 3. The molecule has 0 amide bonds. The zero-order valence-electron chi connectivity index (χ0n) is 9.50. The molecule has 1 atom stereocenters. The lowest BCUT2D eigenvalue weighted by Crippen LogP contribution is -2.33. The van der Waals surface area contributed by atoms with E-state index in [-0.39, 0.29) is 6.04 Å². The van der Waals surface area contributed by atoms with Gasteiger partial charge >= 0.3 is 0 Å². The lowest BCUT2D eigenvalue weighted by molar-refractivity contribution is 0.531. The summed E-state index contributed by atoms with van der Waals surface area (Å²) in [6.45, 7) is 4.78. The Labute approximate surface area is 101 Å². The number of nitrogens with two attached hydrogens (primary N) is 1. The van der Waals surface area contributed by atoms with Crippen LogP contribution in [0.5, 0.6) is 0 Å². The highest BCUT2D eigenvalue weighted by Gasteiger charge is 2.11. The molecule has 0 aliphatic heterocycles. The summed E-state index contributed by atoms with van der Waals surface area (Å²) in [5.41, 5.74) is 7.05. The SMILES string of the molecule is CC(C)C(CN)Nc1ccc(C#N)c(Cl)c1. The van der Waals surface area contributed by atoms with Crippen LogP contribution in [0.3, 0.4) is 0 Å². The van der Waals surface area contributed by atoms with E-state index >= 15 is 0 Å². The van der Waals surface area contributed by atoms with E-state index in [1.165, 1.54) is 0 Å². The van der Waals surface area contributed by atoms with Crippen molar-refractivity contribution in [3.05, 3.63) is 28.8 Å². The van der Waals surface area contributed by atoms with Crippen LogP contribution in [-0.4, -0.2) is 12.6 Å². The Morgan fingerprint density at radius 3 is 2.62 bits per heavy atom. The monoisotopic (exact) mass is 237 g/mol. The zero-order chi connectivity index (χ0) is 12.1. The molecule has 0 heterocycles. The largest absolute Gasteiger partial charge is 0.381 e. The highest BCUT2D eigenvalue weighted by molar-refractivity contribution is 6.32. The number of benzene rings is 1. The second kappa shape index (κ2) is 5.74. The van der Waals surface area contributed by atoms with Crippen molar-refractivity contribution >= 4 is 17.3 Å². The fourth-order valence-electron chi connectivity index (χ4n) is 1.41. The van der Waals surface area contributed by atoms with E-state index in [1.807, 2.05) is 12.1 Å². The fraction of sp³-hybridized carbons (Fsp3) is 0.417. The Bertz CT molecular complexity index is 396. The Hall–Kier alpha value is -1.24. The Morgan fingerprint density at radius 2 is 2.19 bits per heavy atom. The summed E-state index contributed by atoms with van der Waals surface area (Å²) < 4.78 is 0. The van der Waals surface area contributed by atoms with Crippen LogP contribution in [-0.2, 0) is 0 Å². The predicted molar refractivity (Wildman–Crippen MR) is 67.5 cm³/mol.